The average Bonchev–Trinajstić information content (AvgIpc) is 3.43. The van der Waals surface area contributed by atoms with Crippen LogP contribution in [0.1, 0.15) is 153 Å². The highest BCUT2D eigenvalue weighted by molar-refractivity contribution is 5.84. The quantitative estimate of drug-likeness (QED) is 0.185. The van der Waals surface area contributed by atoms with E-state index in [1.54, 1.807) is 0 Å². The SMILES string of the molecule is CC[C@@H](C(=O)[C@@H](C)[C@@H](O)[C@H](C)[C@@H]1O[C@@H]([C@@H](CC)C(=O)O)CC[C@@H]1C)[C@H]1O[C@]2(CCC[C@]3(CC[C@@](C)([C@H]4CC[C@](O)(CC)[C@H](C)O4)O3)O2)[C@H](C)C[C@@H]1C. The number of hydrogen-bond donors (Lipinski definition) is 3. The Balaban J connectivity index is 1.28. The number of carbonyl (C=O) groups excluding carboxylic acids is 1. The maximum Gasteiger partial charge on any atom is 0.309 e. The molecular weight excluding hydrogens is 664 g/mol. The standard InChI is InChI=1S/C42H72O10/c1-11-30(38(45)46)32-16-15-24(4)36(49-32)28(8)34(43)27(7)35(44)31(12-2)37-25(5)23-26(6)42(50-37)19-14-18-41(52-42)22-21-39(10,51-41)33-17-20-40(47,13-3)29(9)48-33/h24-34,36-37,43,47H,11-23H2,1-10H3,(H,45,46)/t24-,25-,26+,27-,28-,29-,30+,31-,32+,33+,34+,36+,37-,39-,40+,41+,42-/m0/s1. The second-order valence-corrected chi connectivity index (χ2v) is 18.2. The van der Waals surface area contributed by atoms with E-state index in [0.29, 0.717) is 32.1 Å². The van der Waals surface area contributed by atoms with Crippen molar-refractivity contribution in [2.75, 3.05) is 0 Å². The molecule has 0 radical (unpaired) electrons. The van der Waals surface area contributed by atoms with Crippen molar-refractivity contribution in [2.24, 2.45) is 41.4 Å². The highest BCUT2D eigenvalue weighted by Gasteiger charge is 2.61. The molecule has 5 aliphatic rings. The molecular formula is C42H72O10. The summed E-state index contributed by atoms with van der Waals surface area (Å²) in [5, 5.41) is 32.6. The fraction of sp³-hybridized carbons (Fsp3) is 0.952. The third-order valence-corrected chi connectivity index (χ3v) is 14.7. The molecule has 10 heteroatoms. The summed E-state index contributed by atoms with van der Waals surface area (Å²) in [5.41, 5.74) is -1.35. The van der Waals surface area contributed by atoms with Gasteiger partial charge in [-0.3, -0.25) is 9.59 Å². The first-order valence-corrected chi connectivity index (χ1v) is 20.9. The molecule has 52 heavy (non-hydrogen) atoms. The van der Waals surface area contributed by atoms with Crippen molar-refractivity contribution < 1.29 is 48.6 Å². The minimum absolute atomic E-state index is 0.00814. The highest BCUT2D eigenvalue weighted by Crippen LogP contribution is 2.55. The Kier molecular flexibility index (Phi) is 13.0. The Morgan fingerprint density at radius 3 is 2.13 bits per heavy atom. The lowest BCUT2D eigenvalue weighted by Crippen LogP contribution is -2.61. The molecule has 5 aliphatic heterocycles. The van der Waals surface area contributed by atoms with Crippen LogP contribution in [0.15, 0.2) is 0 Å². The lowest BCUT2D eigenvalue weighted by molar-refractivity contribution is -0.424. The summed E-state index contributed by atoms with van der Waals surface area (Å²) in [6, 6.07) is 0. The van der Waals surface area contributed by atoms with Crippen LogP contribution in [0, 0.1) is 41.4 Å². The first kappa shape index (κ1) is 42.0. The predicted molar refractivity (Wildman–Crippen MR) is 197 cm³/mol. The summed E-state index contributed by atoms with van der Waals surface area (Å²) >= 11 is 0. The molecule has 5 rings (SSSR count). The Bertz CT molecular complexity index is 1250. The predicted octanol–water partition coefficient (Wildman–Crippen LogP) is 7.44. The van der Waals surface area contributed by atoms with Crippen LogP contribution in [0.2, 0.25) is 0 Å². The maximum atomic E-state index is 14.4. The van der Waals surface area contributed by atoms with Gasteiger partial charge < -0.3 is 39.0 Å². The molecule has 17 atom stereocenters. The molecule has 0 bridgehead atoms. The van der Waals surface area contributed by atoms with Gasteiger partial charge in [-0.05, 0) is 89.9 Å². The Hall–Kier alpha value is -1.14. The normalized spacial score (nSPS) is 45.7. The van der Waals surface area contributed by atoms with E-state index < -0.39 is 58.7 Å². The zero-order chi connectivity index (χ0) is 38.4. The molecule has 0 aromatic rings. The van der Waals surface area contributed by atoms with Gasteiger partial charge in [-0.1, -0.05) is 55.4 Å². The smallest absolute Gasteiger partial charge is 0.309 e. The Morgan fingerprint density at radius 2 is 1.52 bits per heavy atom. The van der Waals surface area contributed by atoms with Crippen molar-refractivity contribution in [1.29, 1.82) is 0 Å². The number of Topliss-reactive ketones (excluding diaryl/α,β-unsaturated/α-hetero) is 1. The monoisotopic (exact) mass is 737 g/mol. The maximum absolute atomic E-state index is 14.4. The third kappa shape index (κ3) is 7.92. The van der Waals surface area contributed by atoms with Crippen molar-refractivity contribution in [1.82, 2.24) is 0 Å². The van der Waals surface area contributed by atoms with E-state index in [-0.39, 0.29) is 53.9 Å². The first-order valence-electron chi connectivity index (χ1n) is 20.9. The van der Waals surface area contributed by atoms with Crippen LogP contribution in [0.3, 0.4) is 0 Å². The molecule has 300 valence electrons. The number of rotatable bonds is 12. The molecule has 0 aromatic carbocycles. The molecule has 5 heterocycles. The number of carbonyl (C=O) groups is 2. The fourth-order valence-electron chi connectivity index (χ4n) is 10.9. The van der Waals surface area contributed by atoms with Gasteiger partial charge in [0.1, 0.15) is 5.78 Å². The summed E-state index contributed by atoms with van der Waals surface area (Å²) in [7, 11) is 0. The zero-order valence-corrected chi connectivity index (χ0v) is 33.9. The van der Waals surface area contributed by atoms with Gasteiger partial charge in [0, 0.05) is 42.9 Å². The third-order valence-electron chi connectivity index (χ3n) is 14.7. The highest BCUT2D eigenvalue weighted by atomic mass is 16.8. The molecule has 0 amide bonds. The van der Waals surface area contributed by atoms with E-state index in [9.17, 15) is 24.9 Å². The van der Waals surface area contributed by atoms with Crippen LogP contribution >= 0.6 is 0 Å². The molecule has 0 saturated carbocycles. The number of hydrogen-bond acceptors (Lipinski definition) is 9. The Labute approximate surface area is 313 Å². The number of aliphatic hydroxyl groups is 2. The van der Waals surface area contributed by atoms with Crippen LogP contribution in [0.25, 0.3) is 0 Å². The van der Waals surface area contributed by atoms with Gasteiger partial charge in [-0.25, -0.2) is 0 Å². The van der Waals surface area contributed by atoms with E-state index in [0.717, 1.165) is 51.4 Å². The first-order chi connectivity index (χ1) is 24.4. The molecule has 2 spiro atoms. The summed E-state index contributed by atoms with van der Waals surface area (Å²) < 4.78 is 34.1. The molecule has 0 unspecified atom stereocenters. The van der Waals surface area contributed by atoms with Crippen LogP contribution in [-0.2, 0) is 33.3 Å². The van der Waals surface area contributed by atoms with Gasteiger partial charge in [0.15, 0.2) is 11.6 Å². The number of aliphatic carboxylic acids is 1. The van der Waals surface area contributed by atoms with Crippen LogP contribution in [0.4, 0.5) is 0 Å². The molecule has 10 nitrogen and oxygen atoms in total. The Morgan fingerprint density at radius 1 is 0.827 bits per heavy atom. The second kappa shape index (κ2) is 16.1. The topological polar surface area (TPSA) is 141 Å². The molecule has 0 aromatic heterocycles. The van der Waals surface area contributed by atoms with Gasteiger partial charge in [-0.2, -0.15) is 0 Å². The summed E-state index contributed by atoms with van der Waals surface area (Å²) in [6.45, 7) is 20.2. The zero-order valence-electron chi connectivity index (χ0n) is 33.9. The molecule has 0 aliphatic carbocycles. The van der Waals surface area contributed by atoms with Gasteiger partial charge in [0.05, 0.1) is 53.7 Å². The van der Waals surface area contributed by atoms with Crippen molar-refractivity contribution in [3.63, 3.8) is 0 Å². The minimum Gasteiger partial charge on any atom is -0.481 e. The number of ketones is 1. The largest absolute Gasteiger partial charge is 0.481 e. The lowest BCUT2D eigenvalue weighted by Gasteiger charge is -2.55. The average molecular weight is 737 g/mol. The van der Waals surface area contributed by atoms with Crippen molar-refractivity contribution in [3.05, 3.63) is 0 Å². The number of carboxylic acids is 1. The van der Waals surface area contributed by atoms with E-state index in [2.05, 4.69) is 27.7 Å². The van der Waals surface area contributed by atoms with Crippen molar-refractivity contribution in [3.8, 4) is 0 Å². The number of carboxylic acid groups (broad SMARTS) is 1. The minimum atomic E-state index is -0.943. The van der Waals surface area contributed by atoms with E-state index in [4.69, 9.17) is 23.7 Å². The van der Waals surface area contributed by atoms with E-state index in [1.165, 1.54) is 0 Å². The number of aliphatic hydroxyl groups excluding tert-OH is 1. The number of ether oxygens (including phenoxy) is 5. The van der Waals surface area contributed by atoms with Gasteiger partial charge in [0.2, 0.25) is 0 Å². The van der Waals surface area contributed by atoms with Gasteiger partial charge in [-0.15, -0.1) is 0 Å². The summed E-state index contributed by atoms with van der Waals surface area (Å²) in [4.78, 5) is 26.4. The summed E-state index contributed by atoms with van der Waals surface area (Å²) in [5.74, 6) is -4.18. The van der Waals surface area contributed by atoms with Crippen LogP contribution in [0.5, 0.6) is 0 Å². The van der Waals surface area contributed by atoms with Crippen LogP contribution < -0.4 is 0 Å². The van der Waals surface area contributed by atoms with Crippen molar-refractivity contribution in [2.45, 2.75) is 212 Å². The fourth-order valence-corrected chi connectivity index (χ4v) is 10.9. The van der Waals surface area contributed by atoms with Gasteiger partial charge in [0.25, 0.3) is 0 Å². The second-order valence-electron chi connectivity index (χ2n) is 18.2. The van der Waals surface area contributed by atoms with E-state index >= 15 is 0 Å². The van der Waals surface area contributed by atoms with Crippen molar-refractivity contribution >= 4 is 11.8 Å². The van der Waals surface area contributed by atoms with Crippen LogP contribution in [-0.4, -0.2) is 86.5 Å². The molecule has 5 saturated heterocycles. The van der Waals surface area contributed by atoms with Gasteiger partial charge >= 0.3 is 5.97 Å². The lowest BCUT2D eigenvalue weighted by atomic mass is 9.72. The van der Waals surface area contributed by atoms with E-state index in [1.807, 2.05) is 41.5 Å². The molecule has 3 N–H and O–H groups in total. The molecule has 5 fully saturated rings. The summed E-state index contributed by atoms with van der Waals surface area (Å²) in [6.07, 6.45) is 6.95.